The van der Waals surface area contributed by atoms with Crippen molar-refractivity contribution in [1.29, 1.82) is 5.26 Å². The molecule has 58 valence electrons. The van der Waals surface area contributed by atoms with Gasteiger partial charge in [0, 0.05) is 6.42 Å². The molecule has 0 aromatic rings. The van der Waals surface area contributed by atoms with Gasteiger partial charge >= 0.3 is 0 Å². The van der Waals surface area contributed by atoms with E-state index in [0.29, 0.717) is 6.42 Å². The van der Waals surface area contributed by atoms with Crippen molar-refractivity contribution < 1.29 is 0 Å². The summed E-state index contributed by atoms with van der Waals surface area (Å²) in [4.78, 5) is 0. The molecular formula is C8H16N2. The molecule has 0 heterocycles. The van der Waals surface area contributed by atoms with Crippen LogP contribution in [0.3, 0.4) is 0 Å². The molecule has 0 radical (unpaired) electrons. The van der Waals surface area contributed by atoms with E-state index < -0.39 is 0 Å². The van der Waals surface area contributed by atoms with E-state index in [9.17, 15) is 0 Å². The van der Waals surface area contributed by atoms with Gasteiger partial charge in [0.15, 0.2) is 0 Å². The van der Waals surface area contributed by atoms with Crippen molar-refractivity contribution in [2.24, 2.45) is 5.73 Å². The molecule has 0 unspecified atom stereocenters. The van der Waals surface area contributed by atoms with Crippen LogP contribution in [0.4, 0.5) is 0 Å². The minimum Gasteiger partial charge on any atom is -0.330 e. The van der Waals surface area contributed by atoms with Crippen LogP contribution in [-0.4, -0.2) is 6.54 Å². The van der Waals surface area contributed by atoms with Gasteiger partial charge in [-0.1, -0.05) is 19.3 Å². The zero-order valence-electron chi connectivity index (χ0n) is 6.47. The maximum atomic E-state index is 8.20. The maximum Gasteiger partial charge on any atom is 0.0621 e. The number of nitriles is 1. The summed E-state index contributed by atoms with van der Waals surface area (Å²) in [5.74, 6) is 0. The van der Waals surface area contributed by atoms with E-state index in [1.807, 2.05) is 0 Å². The summed E-state index contributed by atoms with van der Waals surface area (Å²) in [6.07, 6.45) is 6.55. The summed E-state index contributed by atoms with van der Waals surface area (Å²) in [5, 5.41) is 8.20. The summed E-state index contributed by atoms with van der Waals surface area (Å²) in [7, 11) is 0. The first-order valence-corrected chi connectivity index (χ1v) is 3.99. The first-order chi connectivity index (χ1) is 4.91. The molecule has 0 rings (SSSR count). The minimum atomic E-state index is 0.711. The Morgan fingerprint density at radius 3 is 2.20 bits per heavy atom. The standard InChI is InChI=1S/C8H16N2/c9-7-5-3-1-2-4-6-8-10/h1-7,9H2. The van der Waals surface area contributed by atoms with Crippen LogP contribution in [0.2, 0.25) is 0 Å². The molecule has 0 bridgehead atoms. The highest BCUT2D eigenvalue weighted by Gasteiger charge is 1.87. The Bertz CT molecular complexity index is 93.9. The van der Waals surface area contributed by atoms with E-state index in [0.717, 1.165) is 19.4 Å². The van der Waals surface area contributed by atoms with Gasteiger partial charge < -0.3 is 5.73 Å². The second-order valence-electron chi connectivity index (χ2n) is 2.46. The second kappa shape index (κ2) is 8.45. The van der Waals surface area contributed by atoms with E-state index in [-0.39, 0.29) is 0 Å². The Kier molecular flexibility index (Phi) is 7.99. The van der Waals surface area contributed by atoms with Gasteiger partial charge in [-0.3, -0.25) is 0 Å². The molecule has 2 heteroatoms. The van der Waals surface area contributed by atoms with Crippen molar-refractivity contribution in [2.75, 3.05) is 6.54 Å². The van der Waals surface area contributed by atoms with Gasteiger partial charge in [0.25, 0.3) is 0 Å². The van der Waals surface area contributed by atoms with Crippen molar-refractivity contribution in [3.8, 4) is 6.07 Å². The fourth-order valence-electron chi connectivity index (χ4n) is 0.879. The van der Waals surface area contributed by atoms with Crippen LogP contribution in [0.25, 0.3) is 0 Å². The molecule has 0 aliphatic carbocycles. The van der Waals surface area contributed by atoms with Gasteiger partial charge in [-0.2, -0.15) is 5.26 Å². The lowest BCUT2D eigenvalue weighted by atomic mass is 10.1. The van der Waals surface area contributed by atoms with E-state index in [1.54, 1.807) is 0 Å². The number of rotatable bonds is 6. The molecule has 0 aromatic carbocycles. The third-order valence-corrected chi connectivity index (χ3v) is 1.49. The zero-order valence-corrected chi connectivity index (χ0v) is 6.47. The highest BCUT2D eigenvalue weighted by Crippen LogP contribution is 2.03. The summed E-state index contributed by atoms with van der Waals surface area (Å²) in [6, 6.07) is 2.13. The van der Waals surface area contributed by atoms with Gasteiger partial charge in [0.2, 0.25) is 0 Å². The zero-order chi connectivity index (χ0) is 7.66. The topological polar surface area (TPSA) is 49.8 Å². The lowest BCUT2D eigenvalue weighted by Gasteiger charge is -1.95. The monoisotopic (exact) mass is 140 g/mol. The molecule has 10 heavy (non-hydrogen) atoms. The van der Waals surface area contributed by atoms with Crippen LogP contribution in [0, 0.1) is 11.3 Å². The first-order valence-electron chi connectivity index (χ1n) is 3.99. The van der Waals surface area contributed by atoms with Crippen LogP contribution in [0.15, 0.2) is 0 Å². The first kappa shape index (κ1) is 9.45. The average Bonchev–Trinajstić information content (AvgIpc) is 1.97. The van der Waals surface area contributed by atoms with Crippen molar-refractivity contribution in [1.82, 2.24) is 0 Å². The Morgan fingerprint density at radius 2 is 1.60 bits per heavy atom. The third kappa shape index (κ3) is 7.45. The molecular weight excluding hydrogens is 124 g/mol. The Labute approximate surface area is 63.0 Å². The number of hydrogen-bond donors (Lipinski definition) is 1. The summed E-state index contributed by atoms with van der Waals surface area (Å²) in [5.41, 5.74) is 5.32. The molecule has 0 spiro atoms. The molecule has 0 atom stereocenters. The van der Waals surface area contributed by atoms with E-state index >= 15 is 0 Å². The van der Waals surface area contributed by atoms with Gasteiger partial charge in [0.1, 0.15) is 0 Å². The van der Waals surface area contributed by atoms with E-state index in [2.05, 4.69) is 6.07 Å². The highest BCUT2D eigenvalue weighted by atomic mass is 14.5. The quantitative estimate of drug-likeness (QED) is 0.572. The summed E-state index contributed by atoms with van der Waals surface area (Å²) in [6.45, 7) is 0.804. The smallest absolute Gasteiger partial charge is 0.0621 e. The Morgan fingerprint density at radius 1 is 1.00 bits per heavy atom. The fourth-order valence-corrected chi connectivity index (χ4v) is 0.879. The van der Waals surface area contributed by atoms with E-state index in [4.69, 9.17) is 11.0 Å². The highest BCUT2D eigenvalue weighted by molar-refractivity contribution is 4.67. The van der Waals surface area contributed by atoms with Crippen LogP contribution in [-0.2, 0) is 0 Å². The third-order valence-electron chi connectivity index (χ3n) is 1.49. The minimum absolute atomic E-state index is 0.711. The normalized spacial score (nSPS) is 9.20. The molecule has 0 saturated carbocycles. The molecule has 2 N–H and O–H groups in total. The largest absolute Gasteiger partial charge is 0.330 e. The van der Waals surface area contributed by atoms with Gasteiger partial charge in [0.05, 0.1) is 6.07 Å². The maximum absolute atomic E-state index is 8.20. The molecule has 0 fully saturated rings. The Hall–Kier alpha value is -0.550. The molecule has 0 aliphatic heterocycles. The molecule has 0 aliphatic rings. The van der Waals surface area contributed by atoms with Gasteiger partial charge in [-0.25, -0.2) is 0 Å². The Balaban J connectivity index is 2.72. The van der Waals surface area contributed by atoms with Crippen LogP contribution in [0.1, 0.15) is 38.5 Å². The van der Waals surface area contributed by atoms with Crippen molar-refractivity contribution >= 4 is 0 Å². The van der Waals surface area contributed by atoms with Crippen LogP contribution < -0.4 is 5.73 Å². The van der Waals surface area contributed by atoms with Crippen molar-refractivity contribution in [3.63, 3.8) is 0 Å². The molecule has 0 aromatic heterocycles. The summed E-state index contributed by atoms with van der Waals surface area (Å²) >= 11 is 0. The average molecular weight is 140 g/mol. The molecule has 0 amide bonds. The SMILES string of the molecule is N#CCCCCCCCN. The molecule has 0 saturated heterocycles. The fraction of sp³-hybridized carbons (Fsp3) is 0.875. The number of hydrogen-bond acceptors (Lipinski definition) is 2. The van der Waals surface area contributed by atoms with Crippen molar-refractivity contribution in [3.05, 3.63) is 0 Å². The van der Waals surface area contributed by atoms with Crippen LogP contribution in [0.5, 0.6) is 0 Å². The van der Waals surface area contributed by atoms with Gasteiger partial charge in [-0.15, -0.1) is 0 Å². The number of nitrogens with zero attached hydrogens (tertiary/aromatic N) is 1. The lowest BCUT2D eigenvalue weighted by molar-refractivity contribution is 0.624. The molecule has 2 nitrogen and oxygen atoms in total. The summed E-state index contributed by atoms with van der Waals surface area (Å²) < 4.78 is 0. The second-order valence-corrected chi connectivity index (χ2v) is 2.46. The number of nitrogens with two attached hydrogens (primary N) is 1. The predicted molar refractivity (Wildman–Crippen MR) is 42.4 cm³/mol. The van der Waals surface area contributed by atoms with Crippen molar-refractivity contribution in [2.45, 2.75) is 38.5 Å². The van der Waals surface area contributed by atoms with Gasteiger partial charge in [-0.05, 0) is 19.4 Å². The van der Waals surface area contributed by atoms with Crippen LogP contribution >= 0.6 is 0 Å². The lowest BCUT2D eigenvalue weighted by Crippen LogP contribution is -1.97. The predicted octanol–water partition coefficient (Wildman–Crippen LogP) is 1.81. The number of unbranched alkanes of at least 4 members (excludes halogenated alkanes) is 5. The van der Waals surface area contributed by atoms with E-state index in [1.165, 1.54) is 19.3 Å².